The third-order valence-corrected chi connectivity index (χ3v) is 5.36. The second-order valence-corrected chi connectivity index (χ2v) is 6.83. The molecule has 2 fully saturated rings. The van der Waals surface area contributed by atoms with E-state index in [1.54, 1.807) is 12.1 Å². The van der Waals surface area contributed by atoms with Gasteiger partial charge < -0.3 is 14.7 Å². The first-order valence-electron chi connectivity index (χ1n) is 9.17. The fourth-order valence-corrected chi connectivity index (χ4v) is 3.85. The summed E-state index contributed by atoms with van der Waals surface area (Å²) in [7, 11) is 0. The minimum atomic E-state index is -0.222. The first-order chi connectivity index (χ1) is 11.7. The van der Waals surface area contributed by atoms with Gasteiger partial charge in [0.15, 0.2) is 0 Å². The number of rotatable bonds is 5. The molecule has 0 radical (unpaired) electrons. The van der Waals surface area contributed by atoms with E-state index in [2.05, 4.69) is 16.7 Å². The largest absolute Gasteiger partial charge is 0.336 e. The van der Waals surface area contributed by atoms with Gasteiger partial charge in [0.05, 0.1) is 6.04 Å². The van der Waals surface area contributed by atoms with E-state index in [1.807, 2.05) is 11.0 Å². The summed E-state index contributed by atoms with van der Waals surface area (Å²) in [5, 5.41) is 0. The number of nitrogens with zero attached hydrogens (tertiary/aromatic N) is 3. The minimum absolute atomic E-state index is 0.0464. The lowest BCUT2D eigenvalue weighted by Gasteiger charge is -2.34. The van der Waals surface area contributed by atoms with Crippen molar-refractivity contribution in [3.8, 4) is 0 Å². The molecule has 0 saturated carbocycles. The predicted molar refractivity (Wildman–Crippen MR) is 93.3 cm³/mol. The van der Waals surface area contributed by atoms with Crippen molar-refractivity contribution in [1.82, 2.24) is 14.7 Å². The van der Waals surface area contributed by atoms with Crippen molar-refractivity contribution in [3.63, 3.8) is 0 Å². The zero-order chi connectivity index (χ0) is 16.9. The van der Waals surface area contributed by atoms with E-state index in [9.17, 15) is 9.18 Å². The molecule has 5 heteroatoms. The average Bonchev–Trinajstić information content (AvgIpc) is 3.10. The first kappa shape index (κ1) is 17.4. The van der Waals surface area contributed by atoms with Crippen molar-refractivity contribution in [2.45, 2.75) is 32.2 Å². The second kappa shape index (κ2) is 8.08. The van der Waals surface area contributed by atoms with Gasteiger partial charge in [0.2, 0.25) is 5.91 Å². The van der Waals surface area contributed by atoms with E-state index < -0.39 is 0 Å². The van der Waals surface area contributed by atoms with Gasteiger partial charge in [0, 0.05) is 45.7 Å². The molecule has 0 spiro atoms. The quantitative estimate of drug-likeness (QED) is 0.828. The standard InChI is InChI=1S/C19H28FN3O/c1-2-21-11-13-22(14-12-21)10-8-19(24)23-9-4-7-18(23)16-5-3-6-17(20)15-16/h3,5-6,15,18H,2,4,7-14H2,1H3. The van der Waals surface area contributed by atoms with Crippen LogP contribution in [0.5, 0.6) is 0 Å². The fraction of sp³-hybridized carbons (Fsp3) is 0.632. The highest BCUT2D eigenvalue weighted by Gasteiger charge is 2.30. The maximum Gasteiger partial charge on any atom is 0.224 e. The molecule has 1 atom stereocenters. The van der Waals surface area contributed by atoms with Crippen molar-refractivity contribution in [1.29, 1.82) is 0 Å². The number of hydrogen-bond acceptors (Lipinski definition) is 3. The number of benzene rings is 1. The van der Waals surface area contributed by atoms with Crippen LogP contribution in [0.2, 0.25) is 0 Å². The van der Waals surface area contributed by atoms with Crippen molar-refractivity contribution in [3.05, 3.63) is 35.6 Å². The van der Waals surface area contributed by atoms with E-state index in [-0.39, 0.29) is 17.8 Å². The number of amides is 1. The van der Waals surface area contributed by atoms with Gasteiger partial charge in [-0.1, -0.05) is 19.1 Å². The van der Waals surface area contributed by atoms with Gasteiger partial charge in [-0.05, 0) is 37.1 Å². The molecule has 0 aromatic heterocycles. The Morgan fingerprint density at radius 2 is 1.92 bits per heavy atom. The van der Waals surface area contributed by atoms with Gasteiger partial charge in [0.1, 0.15) is 5.82 Å². The molecule has 2 aliphatic rings. The smallest absolute Gasteiger partial charge is 0.224 e. The van der Waals surface area contributed by atoms with Gasteiger partial charge in [-0.3, -0.25) is 4.79 Å². The molecule has 1 aromatic carbocycles. The summed E-state index contributed by atoms with van der Waals surface area (Å²) in [5.41, 5.74) is 0.928. The highest BCUT2D eigenvalue weighted by Crippen LogP contribution is 2.32. The Kier molecular flexibility index (Phi) is 5.85. The predicted octanol–water partition coefficient (Wildman–Crippen LogP) is 2.52. The number of hydrogen-bond donors (Lipinski definition) is 0. The average molecular weight is 333 g/mol. The Balaban J connectivity index is 1.52. The van der Waals surface area contributed by atoms with E-state index in [4.69, 9.17) is 0 Å². The van der Waals surface area contributed by atoms with Crippen LogP contribution in [0.1, 0.15) is 37.8 Å². The van der Waals surface area contributed by atoms with E-state index in [1.165, 1.54) is 6.07 Å². The molecule has 0 N–H and O–H groups in total. The number of likely N-dealkylation sites (tertiary alicyclic amines) is 1. The molecule has 1 aromatic rings. The molecule has 132 valence electrons. The molecule has 1 amide bonds. The topological polar surface area (TPSA) is 26.8 Å². The normalized spacial score (nSPS) is 22.9. The lowest BCUT2D eigenvalue weighted by Crippen LogP contribution is -2.47. The maximum atomic E-state index is 13.5. The monoisotopic (exact) mass is 333 g/mol. The van der Waals surface area contributed by atoms with Gasteiger partial charge in [-0.25, -0.2) is 4.39 Å². The molecular formula is C19H28FN3O. The van der Waals surface area contributed by atoms with Crippen LogP contribution in [0, 0.1) is 5.82 Å². The molecule has 3 rings (SSSR count). The Hall–Kier alpha value is -1.46. The number of carbonyl (C=O) groups is 1. The minimum Gasteiger partial charge on any atom is -0.336 e. The first-order valence-corrected chi connectivity index (χ1v) is 9.17. The van der Waals surface area contributed by atoms with Crippen LogP contribution >= 0.6 is 0 Å². The Labute approximate surface area is 144 Å². The number of halogens is 1. The maximum absolute atomic E-state index is 13.5. The number of carbonyl (C=O) groups excluding carboxylic acids is 1. The van der Waals surface area contributed by atoms with Gasteiger partial charge in [-0.15, -0.1) is 0 Å². The third kappa shape index (κ3) is 4.14. The van der Waals surface area contributed by atoms with Crippen molar-refractivity contribution < 1.29 is 9.18 Å². The lowest BCUT2D eigenvalue weighted by atomic mass is 10.0. The highest BCUT2D eigenvalue weighted by molar-refractivity contribution is 5.77. The van der Waals surface area contributed by atoms with E-state index in [0.29, 0.717) is 6.42 Å². The molecular weight excluding hydrogens is 305 g/mol. The fourth-order valence-electron chi connectivity index (χ4n) is 3.85. The molecule has 0 bridgehead atoms. The molecule has 0 aliphatic carbocycles. The summed E-state index contributed by atoms with van der Waals surface area (Å²) < 4.78 is 13.5. The van der Waals surface area contributed by atoms with Gasteiger partial charge in [-0.2, -0.15) is 0 Å². The summed E-state index contributed by atoms with van der Waals surface area (Å²) >= 11 is 0. The zero-order valence-electron chi connectivity index (χ0n) is 14.6. The van der Waals surface area contributed by atoms with Crippen LogP contribution in [0.3, 0.4) is 0 Å². The van der Waals surface area contributed by atoms with Crippen LogP contribution in [0.25, 0.3) is 0 Å². The molecule has 2 saturated heterocycles. The summed E-state index contributed by atoms with van der Waals surface area (Å²) in [4.78, 5) is 19.5. The Morgan fingerprint density at radius 1 is 1.17 bits per heavy atom. The summed E-state index contributed by atoms with van der Waals surface area (Å²) in [5.74, 6) is -0.0136. The molecule has 1 unspecified atom stereocenters. The lowest BCUT2D eigenvalue weighted by molar-refractivity contribution is -0.132. The van der Waals surface area contributed by atoms with Crippen LogP contribution in [-0.2, 0) is 4.79 Å². The van der Waals surface area contributed by atoms with E-state index in [0.717, 1.165) is 64.2 Å². The molecule has 24 heavy (non-hydrogen) atoms. The van der Waals surface area contributed by atoms with Crippen LogP contribution in [-0.4, -0.2) is 66.4 Å². The van der Waals surface area contributed by atoms with Crippen molar-refractivity contribution in [2.24, 2.45) is 0 Å². The van der Waals surface area contributed by atoms with Crippen LogP contribution < -0.4 is 0 Å². The van der Waals surface area contributed by atoms with Crippen molar-refractivity contribution >= 4 is 5.91 Å². The van der Waals surface area contributed by atoms with E-state index >= 15 is 0 Å². The summed E-state index contributed by atoms with van der Waals surface area (Å²) in [6.45, 7) is 9.23. The Morgan fingerprint density at radius 3 is 2.62 bits per heavy atom. The van der Waals surface area contributed by atoms with Gasteiger partial charge in [0.25, 0.3) is 0 Å². The summed E-state index contributed by atoms with van der Waals surface area (Å²) in [6.07, 6.45) is 2.50. The van der Waals surface area contributed by atoms with Gasteiger partial charge >= 0.3 is 0 Å². The number of piperazine rings is 1. The Bertz CT molecular complexity index is 557. The SMILES string of the molecule is CCN1CCN(CCC(=O)N2CCCC2c2cccc(F)c2)CC1. The summed E-state index contributed by atoms with van der Waals surface area (Å²) in [6, 6.07) is 6.74. The zero-order valence-corrected chi connectivity index (χ0v) is 14.6. The molecule has 2 heterocycles. The van der Waals surface area contributed by atoms with Crippen molar-refractivity contribution in [2.75, 3.05) is 45.8 Å². The van der Waals surface area contributed by atoms with Crippen LogP contribution in [0.4, 0.5) is 4.39 Å². The third-order valence-electron chi connectivity index (χ3n) is 5.36. The molecule has 2 aliphatic heterocycles. The molecule has 4 nitrogen and oxygen atoms in total. The number of likely N-dealkylation sites (N-methyl/N-ethyl adjacent to an activating group) is 1. The highest BCUT2D eigenvalue weighted by atomic mass is 19.1. The van der Waals surface area contributed by atoms with Crippen LogP contribution in [0.15, 0.2) is 24.3 Å². The second-order valence-electron chi connectivity index (χ2n) is 6.83.